The second-order valence-electron chi connectivity index (χ2n) is 2.55. The van der Waals surface area contributed by atoms with Crippen LogP contribution in [0, 0.1) is 12.3 Å². The highest BCUT2D eigenvalue weighted by atomic mass is 32.2. The summed E-state index contributed by atoms with van der Waals surface area (Å²) in [6.45, 7) is 0. The summed E-state index contributed by atoms with van der Waals surface area (Å²) >= 11 is 5.21. The Hall–Kier alpha value is -0.170. The molecule has 0 saturated carbocycles. The van der Waals surface area contributed by atoms with Gasteiger partial charge in [-0.1, -0.05) is 5.92 Å². The Morgan fingerprint density at radius 2 is 1.43 bits per heavy atom. The monoisotopic (exact) mass is 240 g/mol. The molecular weight excluding hydrogens is 228 g/mol. The molecule has 0 spiro atoms. The van der Waals surface area contributed by atoms with Crippen molar-refractivity contribution in [2.24, 2.45) is 0 Å². The lowest BCUT2D eigenvalue weighted by atomic mass is 10.2. The van der Waals surface area contributed by atoms with Crippen LogP contribution in [0.3, 0.4) is 0 Å². The first kappa shape index (κ1) is 11.9. The lowest BCUT2D eigenvalue weighted by Gasteiger charge is -2.08. The predicted molar refractivity (Wildman–Crippen MR) is 69.7 cm³/mol. The number of rotatable bonds is 3. The number of terminal acetylenes is 1. The van der Waals surface area contributed by atoms with Crippen molar-refractivity contribution in [2.45, 2.75) is 14.7 Å². The van der Waals surface area contributed by atoms with Crippen LogP contribution >= 0.6 is 35.3 Å². The van der Waals surface area contributed by atoms with E-state index in [4.69, 9.17) is 6.42 Å². The molecule has 3 heteroatoms. The summed E-state index contributed by atoms with van der Waals surface area (Å²) in [6, 6.07) is 4.28. The average molecular weight is 240 g/mol. The minimum atomic E-state index is 1.000. The third-order valence-electron chi connectivity index (χ3n) is 1.86. The Kier molecular flexibility index (Phi) is 4.80. The zero-order valence-corrected chi connectivity index (χ0v) is 10.9. The number of thioether (sulfide) groups is 3. The Balaban J connectivity index is 3.30. The third-order valence-corrected chi connectivity index (χ3v) is 4.32. The van der Waals surface area contributed by atoms with Gasteiger partial charge in [0, 0.05) is 20.2 Å². The van der Waals surface area contributed by atoms with Crippen LogP contribution in [0.15, 0.2) is 26.8 Å². The van der Waals surface area contributed by atoms with Gasteiger partial charge >= 0.3 is 0 Å². The SMILES string of the molecule is C#Cc1cc(SC)c(SC)cc1SC. The molecule has 0 fully saturated rings. The largest absolute Gasteiger partial charge is 0.128 e. The van der Waals surface area contributed by atoms with Gasteiger partial charge in [-0.05, 0) is 30.9 Å². The highest BCUT2D eigenvalue weighted by Gasteiger charge is 2.06. The van der Waals surface area contributed by atoms with Gasteiger partial charge < -0.3 is 0 Å². The fourth-order valence-corrected chi connectivity index (χ4v) is 3.28. The van der Waals surface area contributed by atoms with Crippen LogP contribution in [0.1, 0.15) is 5.56 Å². The summed E-state index contributed by atoms with van der Waals surface area (Å²) in [5.41, 5.74) is 1.000. The second kappa shape index (κ2) is 5.65. The minimum absolute atomic E-state index is 1.000. The van der Waals surface area contributed by atoms with E-state index in [0.717, 1.165) is 5.56 Å². The van der Waals surface area contributed by atoms with Crippen LogP contribution in [-0.2, 0) is 0 Å². The fourth-order valence-electron chi connectivity index (χ4n) is 1.14. The van der Waals surface area contributed by atoms with Crippen LogP contribution in [0.25, 0.3) is 0 Å². The third kappa shape index (κ3) is 2.44. The molecule has 0 saturated heterocycles. The second-order valence-corrected chi connectivity index (χ2v) is 5.10. The maximum Gasteiger partial charge on any atom is 0.0390 e. The van der Waals surface area contributed by atoms with E-state index < -0.39 is 0 Å². The normalized spacial score (nSPS) is 9.86. The van der Waals surface area contributed by atoms with E-state index in [2.05, 4.69) is 36.8 Å². The van der Waals surface area contributed by atoms with Gasteiger partial charge in [0.15, 0.2) is 0 Å². The minimum Gasteiger partial charge on any atom is -0.128 e. The maximum absolute atomic E-state index is 5.46. The maximum atomic E-state index is 5.46. The first-order valence-electron chi connectivity index (χ1n) is 4.03. The Morgan fingerprint density at radius 1 is 0.929 bits per heavy atom. The standard InChI is InChI=1S/C11H12S3/c1-5-8-6-10(13-3)11(14-4)7-9(8)12-2/h1,6-7H,2-4H3. The molecule has 0 bridgehead atoms. The van der Waals surface area contributed by atoms with Gasteiger partial charge in [0.05, 0.1) is 0 Å². The van der Waals surface area contributed by atoms with Gasteiger partial charge in [-0.3, -0.25) is 0 Å². The molecule has 0 amide bonds. The van der Waals surface area contributed by atoms with Gasteiger partial charge in [0.25, 0.3) is 0 Å². The van der Waals surface area contributed by atoms with E-state index in [1.807, 2.05) is 0 Å². The first-order chi connectivity index (χ1) is 6.76. The van der Waals surface area contributed by atoms with Crippen LogP contribution in [0.4, 0.5) is 0 Å². The molecule has 1 aromatic carbocycles. The van der Waals surface area contributed by atoms with E-state index >= 15 is 0 Å². The molecule has 0 unspecified atom stereocenters. The van der Waals surface area contributed by atoms with E-state index in [0.29, 0.717) is 0 Å². The van der Waals surface area contributed by atoms with Crippen molar-refractivity contribution >= 4 is 35.3 Å². The molecular formula is C11H12S3. The Morgan fingerprint density at radius 3 is 1.86 bits per heavy atom. The quantitative estimate of drug-likeness (QED) is 0.582. The molecule has 0 aliphatic rings. The molecule has 0 atom stereocenters. The highest BCUT2D eigenvalue weighted by Crippen LogP contribution is 2.33. The summed E-state index contributed by atoms with van der Waals surface area (Å²) in [5, 5.41) is 0. The molecule has 0 aliphatic carbocycles. The van der Waals surface area contributed by atoms with E-state index in [1.54, 1.807) is 35.3 Å². The van der Waals surface area contributed by atoms with Gasteiger partial charge in [0.2, 0.25) is 0 Å². The zero-order chi connectivity index (χ0) is 10.6. The van der Waals surface area contributed by atoms with Gasteiger partial charge in [-0.2, -0.15) is 0 Å². The summed E-state index contributed by atoms with van der Waals surface area (Å²) in [4.78, 5) is 3.76. The van der Waals surface area contributed by atoms with Crippen LogP contribution in [0.2, 0.25) is 0 Å². The van der Waals surface area contributed by atoms with E-state index in [-0.39, 0.29) is 0 Å². The fraction of sp³-hybridized carbons (Fsp3) is 0.273. The van der Waals surface area contributed by atoms with E-state index in [9.17, 15) is 0 Å². The van der Waals surface area contributed by atoms with Gasteiger partial charge in [-0.25, -0.2) is 0 Å². The lowest BCUT2D eigenvalue weighted by Crippen LogP contribution is -1.85. The highest BCUT2D eigenvalue weighted by molar-refractivity contribution is 8.01. The summed E-state index contributed by atoms with van der Waals surface area (Å²) in [5.74, 6) is 2.73. The van der Waals surface area contributed by atoms with Gasteiger partial charge in [-0.15, -0.1) is 41.7 Å². The summed E-state index contributed by atoms with van der Waals surface area (Å²) in [7, 11) is 0. The molecule has 0 aliphatic heterocycles. The van der Waals surface area contributed by atoms with Crippen molar-refractivity contribution in [3.63, 3.8) is 0 Å². The van der Waals surface area contributed by atoms with Crippen molar-refractivity contribution in [1.82, 2.24) is 0 Å². The van der Waals surface area contributed by atoms with Crippen LogP contribution < -0.4 is 0 Å². The number of hydrogen-bond acceptors (Lipinski definition) is 3. The Bertz CT molecular complexity index is 364. The molecule has 0 radical (unpaired) electrons. The molecule has 1 rings (SSSR count). The molecule has 14 heavy (non-hydrogen) atoms. The van der Waals surface area contributed by atoms with Crippen molar-refractivity contribution < 1.29 is 0 Å². The van der Waals surface area contributed by atoms with Crippen molar-refractivity contribution in [3.8, 4) is 12.3 Å². The Labute approximate surface area is 98.6 Å². The molecule has 1 aromatic rings. The lowest BCUT2D eigenvalue weighted by molar-refractivity contribution is 1.18. The van der Waals surface area contributed by atoms with Crippen molar-refractivity contribution in [1.29, 1.82) is 0 Å². The predicted octanol–water partition coefficient (Wildman–Crippen LogP) is 3.83. The molecule has 0 N–H and O–H groups in total. The summed E-state index contributed by atoms with van der Waals surface area (Å²) in [6.07, 6.45) is 11.7. The van der Waals surface area contributed by atoms with Gasteiger partial charge in [0.1, 0.15) is 0 Å². The number of benzene rings is 1. The average Bonchev–Trinajstić information content (AvgIpc) is 2.26. The molecule has 74 valence electrons. The van der Waals surface area contributed by atoms with Crippen LogP contribution in [-0.4, -0.2) is 18.8 Å². The zero-order valence-electron chi connectivity index (χ0n) is 8.46. The van der Waals surface area contributed by atoms with E-state index in [1.165, 1.54) is 14.7 Å². The molecule has 0 nitrogen and oxygen atoms in total. The smallest absolute Gasteiger partial charge is 0.0390 e. The van der Waals surface area contributed by atoms with Crippen molar-refractivity contribution in [2.75, 3.05) is 18.8 Å². The molecule has 0 aromatic heterocycles. The topological polar surface area (TPSA) is 0 Å². The van der Waals surface area contributed by atoms with Crippen molar-refractivity contribution in [3.05, 3.63) is 17.7 Å². The summed E-state index contributed by atoms with van der Waals surface area (Å²) < 4.78 is 0. The first-order valence-corrected chi connectivity index (χ1v) is 7.70. The molecule has 0 heterocycles. The number of hydrogen-bond donors (Lipinski definition) is 0. The van der Waals surface area contributed by atoms with Crippen LogP contribution in [0.5, 0.6) is 0 Å².